The van der Waals surface area contributed by atoms with Gasteiger partial charge in [-0.15, -0.1) is 5.10 Å². The van der Waals surface area contributed by atoms with Crippen LogP contribution in [-0.4, -0.2) is 15.0 Å². The summed E-state index contributed by atoms with van der Waals surface area (Å²) in [6.07, 6.45) is 1.70. The van der Waals surface area contributed by atoms with E-state index in [2.05, 4.69) is 10.3 Å². The van der Waals surface area contributed by atoms with Gasteiger partial charge in [0.15, 0.2) is 0 Å². The summed E-state index contributed by atoms with van der Waals surface area (Å²) in [5.74, 6) is 0. The van der Waals surface area contributed by atoms with Gasteiger partial charge in [-0.2, -0.15) is 0 Å². The van der Waals surface area contributed by atoms with Crippen molar-refractivity contribution < 1.29 is 0 Å². The van der Waals surface area contributed by atoms with Crippen LogP contribution in [-0.2, 0) is 0 Å². The van der Waals surface area contributed by atoms with Crippen molar-refractivity contribution in [2.75, 3.05) is 0 Å². The molecule has 0 amide bonds. The third-order valence-electron chi connectivity index (χ3n) is 2.05. The Hall–Kier alpha value is -1.35. The van der Waals surface area contributed by atoms with Gasteiger partial charge < -0.3 is 0 Å². The summed E-state index contributed by atoms with van der Waals surface area (Å²) in [6.45, 7) is 3.94. The van der Waals surface area contributed by atoms with Crippen molar-refractivity contribution in [2.24, 2.45) is 0 Å². The highest BCUT2D eigenvalue weighted by molar-refractivity contribution is 6.32. The monoisotopic (exact) mass is 207 g/mol. The van der Waals surface area contributed by atoms with Crippen LogP contribution in [0.1, 0.15) is 11.3 Å². The summed E-state index contributed by atoms with van der Waals surface area (Å²) in [5, 5.41) is 8.47. The van der Waals surface area contributed by atoms with Crippen molar-refractivity contribution in [3.05, 3.63) is 40.7 Å². The van der Waals surface area contributed by atoms with E-state index in [-0.39, 0.29) is 0 Å². The van der Waals surface area contributed by atoms with Crippen molar-refractivity contribution in [1.82, 2.24) is 15.0 Å². The van der Waals surface area contributed by atoms with Gasteiger partial charge in [-0.1, -0.05) is 22.9 Å². The van der Waals surface area contributed by atoms with Crippen LogP contribution in [0.3, 0.4) is 0 Å². The van der Waals surface area contributed by atoms with Crippen molar-refractivity contribution in [1.29, 1.82) is 0 Å². The van der Waals surface area contributed by atoms with Crippen LogP contribution in [0, 0.1) is 13.8 Å². The van der Waals surface area contributed by atoms with Crippen LogP contribution in [0.25, 0.3) is 5.69 Å². The fraction of sp³-hybridized carbons (Fsp3) is 0.200. The Balaban J connectivity index is 2.58. The molecule has 72 valence electrons. The van der Waals surface area contributed by atoms with E-state index in [0.717, 1.165) is 16.9 Å². The first kappa shape index (κ1) is 9.21. The highest BCUT2D eigenvalue weighted by atomic mass is 35.5. The smallest absolute Gasteiger partial charge is 0.0852 e. The first-order chi connectivity index (χ1) is 6.68. The second-order valence-electron chi connectivity index (χ2n) is 3.24. The predicted molar refractivity (Wildman–Crippen MR) is 55.8 cm³/mol. The predicted octanol–water partition coefficient (Wildman–Crippen LogP) is 2.54. The van der Waals surface area contributed by atoms with Crippen LogP contribution in [0.2, 0.25) is 5.02 Å². The minimum Gasteiger partial charge on any atom is -0.216 e. The Morgan fingerprint density at radius 1 is 1.29 bits per heavy atom. The minimum absolute atomic E-state index is 0.693. The molecule has 0 aliphatic heterocycles. The molecular weight excluding hydrogens is 198 g/mol. The van der Waals surface area contributed by atoms with Crippen molar-refractivity contribution in [3.8, 4) is 5.69 Å². The molecule has 0 saturated carbocycles. The molecule has 0 unspecified atom stereocenters. The number of aryl methyl sites for hydroxylation is 2. The maximum absolute atomic E-state index is 6.10. The molecule has 0 N–H and O–H groups in total. The molecular formula is C10H10ClN3. The van der Waals surface area contributed by atoms with Crippen LogP contribution in [0.4, 0.5) is 0 Å². The summed E-state index contributed by atoms with van der Waals surface area (Å²) in [4.78, 5) is 0. The number of hydrogen-bond donors (Lipinski definition) is 0. The lowest BCUT2D eigenvalue weighted by Gasteiger charge is -2.05. The van der Waals surface area contributed by atoms with Crippen LogP contribution >= 0.6 is 11.6 Å². The van der Waals surface area contributed by atoms with Gasteiger partial charge in [0, 0.05) is 0 Å². The van der Waals surface area contributed by atoms with E-state index in [1.807, 2.05) is 32.0 Å². The normalized spacial score (nSPS) is 10.5. The molecule has 1 aromatic heterocycles. The number of rotatable bonds is 1. The van der Waals surface area contributed by atoms with E-state index in [4.69, 9.17) is 11.6 Å². The van der Waals surface area contributed by atoms with Gasteiger partial charge in [0.2, 0.25) is 0 Å². The Labute approximate surface area is 87.3 Å². The molecule has 0 aliphatic carbocycles. The fourth-order valence-electron chi connectivity index (χ4n) is 1.31. The van der Waals surface area contributed by atoms with Gasteiger partial charge in [0.1, 0.15) is 0 Å². The van der Waals surface area contributed by atoms with E-state index in [0.29, 0.717) is 5.02 Å². The lowest BCUT2D eigenvalue weighted by molar-refractivity contribution is 0.785. The molecule has 0 atom stereocenters. The molecule has 0 fully saturated rings. The Kier molecular flexibility index (Phi) is 2.25. The van der Waals surface area contributed by atoms with Crippen molar-refractivity contribution in [3.63, 3.8) is 0 Å². The summed E-state index contributed by atoms with van der Waals surface area (Å²) in [7, 11) is 0. The summed E-state index contributed by atoms with van der Waals surface area (Å²) < 4.78 is 1.72. The molecule has 1 heterocycles. The third-order valence-corrected chi connectivity index (χ3v) is 2.35. The summed E-state index contributed by atoms with van der Waals surface area (Å²) in [6, 6.07) is 5.86. The maximum atomic E-state index is 6.10. The number of aromatic nitrogens is 3. The lowest BCUT2D eigenvalue weighted by atomic mass is 10.2. The molecule has 2 rings (SSSR count). The third kappa shape index (κ3) is 1.51. The lowest BCUT2D eigenvalue weighted by Crippen LogP contribution is -1.99. The molecule has 4 heteroatoms. The topological polar surface area (TPSA) is 30.7 Å². The zero-order valence-electron chi connectivity index (χ0n) is 8.03. The van der Waals surface area contributed by atoms with Crippen LogP contribution in [0.15, 0.2) is 24.4 Å². The average Bonchev–Trinajstić information content (AvgIpc) is 2.52. The maximum Gasteiger partial charge on any atom is 0.0852 e. The Morgan fingerprint density at radius 2 is 2.07 bits per heavy atom. The zero-order valence-corrected chi connectivity index (χ0v) is 8.78. The largest absolute Gasteiger partial charge is 0.216 e. The van der Waals surface area contributed by atoms with E-state index >= 15 is 0 Å². The minimum atomic E-state index is 0.693. The highest BCUT2D eigenvalue weighted by Gasteiger charge is 2.05. The van der Waals surface area contributed by atoms with Crippen molar-refractivity contribution >= 4 is 11.6 Å². The molecule has 1 aromatic carbocycles. The van der Waals surface area contributed by atoms with Gasteiger partial charge in [-0.25, -0.2) is 4.68 Å². The van der Waals surface area contributed by atoms with E-state index in [1.54, 1.807) is 10.9 Å². The summed E-state index contributed by atoms with van der Waals surface area (Å²) in [5.41, 5.74) is 2.97. The quantitative estimate of drug-likeness (QED) is 0.720. The molecule has 3 nitrogen and oxygen atoms in total. The SMILES string of the molecule is Cc1ccc(-n2nncc2C)c(Cl)c1. The molecule has 0 aliphatic rings. The molecule has 0 saturated heterocycles. The first-order valence-corrected chi connectivity index (χ1v) is 4.70. The fourth-order valence-corrected chi connectivity index (χ4v) is 1.62. The number of benzene rings is 1. The summed E-state index contributed by atoms with van der Waals surface area (Å²) >= 11 is 6.10. The second-order valence-corrected chi connectivity index (χ2v) is 3.65. The number of nitrogens with zero attached hydrogens (tertiary/aromatic N) is 3. The second kappa shape index (κ2) is 3.42. The van der Waals surface area contributed by atoms with Gasteiger partial charge >= 0.3 is 0 Å². The van der Waals surface area contributed by atoms with Crippen LogP contribution in [0.5, 0.6) is 0 Å². The Morgan fingerprint density at radius 3 is 2.64 bits per heavy atom. The van der Waals surface area contributed by atoms with Gasteiger partial charge in [-0.05, 0) is 31.5 Å². The molecule has 2 aromatic rings. The molecule has 14 heavy (non-hydrogen) atoms. The standard InChI is InChI=1S/C10H10ClN3/c1-7-3-4-10(9(11)5-7)14-8(2)6-12-13-14/h3-6H,1-2H3. The van der Waals surface area contributed by atoms with Gasteiger partial charge in [0.05, 0.1) is 22.6 Å². The van der Waals surface area contributed by atoms with Crippen molar-refractivity contribution in [2.45, 2.75) is 13.8 Å². The number of hydrogen-bond acceptors (Lipinski definition) is 2. The van der Waals surface area contributed by atoms with E-state index in [9.17, 15) is 0 Å². The highest BCUT2D eigenvalue weighted by Crippen LogP contribution is 2.21. The molecule has 0 radical (unpaired) electrons. The Bertz CT molecular complexity index is 462. The van der Waals surface area contributed by atoms with E-state index < -0.39 is 0 Å². The average molecular weight is 208 g/mol. The first-order valence-electron chi connectivity index (χ1n) is 4.32. The molecule has 0 bridgehead atoms. The molecule has 0 spiro atoms. The zero-order chi connectivity index (χ0) is 10.1. The van der Waals surface area contributed by atoms with Gasteiger partial charge in [0.25, 0.3) is 0 Å². The van der Waals surface area contributed by atoms with E-state index in [1.165, 1.54) is 0 Å². The number of halogens is 1. The van der Waals surface area contributed by atoms with Crippen LogP contribution < -0.4 is 0 Å². The van der Waals surface area contributed by atoms with Gasteiger partial charge in [-0.3, -0.25) is 0 Å².